The van der Waals surface area contributed by atoms with Gasteiger partial charge in [0.2, 0.25) is 0 Å². The molecule has 0 radical (unpaired) electrons. The summed E-state index contributed by atoms with van der Waals surface area (Å²) in [5.74, 6) is -0.192. The minimum Gasteiger partial charge on any atom is -0.346 e. The average molecular weight is 295 g/mol. The van der Waals surface area contributed by atoms with Crippen molar-refractivity contribution in [3.8, 4) is 0 Å². The molecule has 0 spiro atoms. The summed E-state index contributed by atoms with van der Waals surface area (Å²) < 4.78 is 0. The molecule has 19 heavy (non-hydrogen) atoms. The number of nitrogens with one attached hydrogen (secondary N) is 1. The van der Waals surface area contributed by atoms with Gasteiger partial charge in [0, 0.05) is 18.0 Å². The van der Waals surface area contributed by atoms with Gasteiger partial charge >= 0.3 is 0 Å². The van der Waals surface area contributed by atoms with E-state index in [-0.39, 0.29) is 11.9 Å². The van der Waals surface area contributed by atoms with Crippen LogP contribution in [0.2, 0.25) is 10.0 Å². The van der Waals surface area contributed by atoms with E-state index in [4.69, 9.17) is 23.2 Å². The van der Waals surface area contributed by atoms with Gasteiger partial charge in [0.15, 0.2) is 0 Å². The van der Waals surface area contributed by atoms with Crippen LogP contribution in [-0.2, 0) is 0 Å². The molecule has 1 unspecified atom stereocenters. The van der Waals surface area contributed by atoms with Gasteiger partial charge in [0.1, 0.15) is 0 Å². The molecule has 98 valence electrons. The molecule has 5 heteroatoms. The molecule has 0 bridgehead atoms. The molecule has 1 amide bonds. The summed E-state index contributed by atoms with van der Waals surface area (Å²) >= 11 is 11.7. The summed E-state index contributed by atoms with van der Waals surface area (Å²) in [6.07, 6.45) is 3.38. The molecular formula is C14H12Cl2N2O. The van der Waals surface area contributed by atoms with Crippen molar-refractivity contribution in [3.05, 3.63) is 63.9 Å². The number of carbonyl (C=O) groups excluding carboxylic acids is 1. The molecule has 1 atom stereocenters. The molecule has 0 fully saturated rings. The fourth-order valence-corrected chi connectivity index (χ4v) is 1.95. The largest absolute Gasteiger partial charge is 0.346 e. The fourth-order valence-electron chi connectivity index (χ4n) is 1.65. The Bertz CT molecular complexity index is 587. The van der Waals surface area contributed by atoms with Crippen molar-refractivity contribution in [2.24, 2.45) is 0 Å². The first-order chi connectivity index (χ1) is 9.08. The summed E-state index contributed by atoms with van der Waals surface area (Å²) in [5.41, 5.74) is 1.47. The summed E-state index contributed by atoms with van der Waals surface area (Å²) in [7, 11) is 0. The third-order valence-corrected chi connectivity index (χ3v) is 3.47. The maximum absolute atomic E-state index is 12.1. The van der Waals surface area contributed by atoms with E-state index in [2.05, 4.69) is 10.3 Å². The van der Waals surface area contributed by atoms with Crippen LogP contribution in [0.15, 0.2) is 42.7 Å². The minimum atomic E-state index is -0.192. The fraction of sp³-hybridized carbons (Fsp3) is 0.143. The Morgan fingerprint density at radius 1 is 1.16 bits per heavy atom. The molecule has 1 N–H and O–H groups in total. The maximum atomic E-state index is 12.1. The number of aromatic nitrogens is 1. The average Bonchev–Trinajstić information content (AvgIpc) is 2.42. The summed E-state index contributed by atoms with van der Waals surface area (Å²) in [4.78, 5) is 16.0. The lowest BCUT2D eigenvalue weighted by atomic mass is 10.1. The lowest BCUT2D eigenvalue weighted by Crippen LogP contribution is -2.26. The van der Waals surface area contributed by atoms with Crippen LogP contribution in [0.25, 0.3) is 0 Å². The number of hydrogen-bond acceptors (Lipinski definition) is 2. The molecule has 0 saturated heterocycles. The van der Waals surface area contributed by atoms with Crippen LogP contribution in [0.5, 0.6) is 0 Å². The third-order valence-electron chi connectivity index (χ3n) is 2.74. The van der Waals surface area contributed by atoms with Crippen LogP contribution in [-0.4, -0.2) is 10.9 Å². The van der Waals surface area contributed by atoms with Crippen molar-refractivity contribution < 1.29 is 4.79 Å². The van der Waals surface area contributed by atoms with Crippen molar-refractivity contribution in [2.45, 2.75) is 13.0 Å². The van der Waals surface area contributed by atoms with Crippen molar-refractivity contribution in [1.82, 2.24) is 10.3 Å². The van der Waals surface area contributed by atoms with Crippen molar-refractivity contribution >= 4 is 29.1 Å². The standard InChI is InChI=1S/C14H12Cl2N2O/c1-9(10-4-6-17-7-5-10)18-14(19)11-2-3-12(15)13(16)8-11/h2-9H,1H3,(H,18,19). The van der Waals surface area contributed by atoms with E-state index in [0.29, 0.717) is 15.6 Å². The SMILES string of the molecule is CC(NC(=O)c1ccc(Cl)c(Cl)c1)c1ccncc1. The topological polar surface area (TPSA) is 42.0 Å². The zero-order chi connectivity index (χ0) is 13.8. The molecule has 2 rings (SSSR count). The normalized spacial score (nSPS) is 11.9. The van der Waals surface area contributed by atoms with Gasteiger partial charge in [-0.15, -0.1) is 0 Å². The number of pyridine rings is 1. The Hall–Kier alpha value is -1.58. The smallest absolute Gasteiger partial charge is 0.251 e. The molecule has 1 heterocycles. The van der Waals surface area contributed by atoms with Gasteiger partial charge in [-0.05, 0) is 42.8 Å². The van der Waals surface area contributed by atoms with Crippen molar-refractivity contribution in [3.63, 3.8) is 0 Å². The van der Waals surface area contributed by atoms with E-state index in [1.165, 1.54) is 0 Å². The molecule has 0 saturated carbocycles. The van der Waals surface area contributed by atoms with Gasteiger partial charge in [0.05, 0.1) is 16.1 Å². The van der Waals surface area contributed by atoms with Crippen LogP contribution in [0.1, 0.15) is 28.9 Å². The van der Waals surface area contributed by atoms with Crippen molar-refractivity contribution in [2.75, 3.05) is 0 Å². The number of amides is 1. The minimum absolute atomic E-state index is 0.107. The molecule has 2 aromatic rings. The van der Waals surface area contributed by atoms with Gasteiger partial charge in [-0.2, -0.15) is 0 Å². The first-order valence-corrected chi connectivity index (χ1v) is 6.49. The predicted octanol–water partition coefficient (Wildman–Crippen LogP) is 3.88. The Balaban J connectivity index is 2.11. The van der Waals surface area contributed by atoms with E-state index < -0.39 is 0 Å². The lowest BCUT2D eigenvalue weighted by Gasteiger charge is -2.14. The highest BCUT2D eigenvalue weighted by atomic mass is 35.5. The molecular weight excluding hydrogens is 283 g/mol. The molecule has 1 aromatic carbocycles. The van der Waals surface area contributed by atoms with Crippen LogP contribution in [0.3, 0.4) is 0 Å². The van der Waals surface area contributed by atoms with Crippen LogP contribution in [0.4, 0.5) is 0 Å². The van der Waals surface area contributed by atoms with Crippen LogP contribution >= 0.6 is 23.2 Å². The highest BCUT2D eigenvalue weighted by Gasteiger charge is 2.12. The third kappa shape index (κ3) is 3.46. The van der Waals surface area contributed by atoms with E-state index in [1.807, 2.05) is 19.1 Å². The predicted molar refractivity (Wildman–Crippen MR) is 76.6 cm³/mol. The van der Waals surface area contributed by atoms with E-state index in [9.17, 15) is 4.79 Å². The van der Waals surface area contributed by atoms with E-state index in [1.54, 1.807) is 30.6 Å². The Morgan fingerprint density at radius 3 is 2.47 bits per heavy atom. The number of halogens is 2. The van der Waals surface area contributed by atoms with Gasteiger partial charge in [-0.25, -0.2) is 0 Å². The van der Waals surface area contributed by atoms with Crippen LogP contribution < -0.4 is 5.32 Å². The van der Waals surface area contributed by atoms with Gasteiger partial charge in [-0.3, -0.25) is 9.78 Å². The van der Waals surface area contributed by atoms with Gasteiger partial charge in [-0.1, -0.05) is 23.2 Å². The highest BCUT2D eigenvalue weighted by Crippen LogP contribution is 2.23. The second kappa shape index (κ2) is 6.04. The molecule has 0 aliphatic rings. The second-order valence-corrected chi connectivity index (χ2v) is 4.92. The van der Waals surface area contributed by atoms with Gasteiger partial charge in [0.25, 0.3) is 5.91 Å². The number of hydrogen-bond donors (Lipinski definition) is 1. The molecule has 0 aliphatic heterocycles. The van der Waals surface area contributed by atoms with Crippen molar-refractivity contribution in [1.29, 1.82) is 0 Å². The van der Waals surface area contributed by atoms with E-state index >= 15 is 0 Å². The Labute approximate surface area is 121 Å². The second-order valence-electron chi connectivity index (χ2n) is 4.10. The monoisotopic (exact) mass is 294 g/mol. The molecule has 3 nitrogen and oxygen atoms in total. The van der Waals surface area contributed by atoms with E-state index in [0.717, 1.165) is 5.56 Å². The number of nitrogens with zero attached hydrogens (tertiary/aromatic N) is 1. The maximum Gasteiger partial charge on any atom is 0.251 e. The first-order valence-electron chi connectivity index (χ1n) is 5.74. The lowest BCUT2D eigenvalue weighted by molar-refractivity contribution is 0.0940. The number of benzene rings is 1. The summed E-state index contributed by atoms with van der Waals surface area (Å²) in [6.45, 7) is 1.91. The number of carbonyl (C=O) groups is 1. The highest BCUT2D eigenvalue weighted by molar-refractivity contribution is 6.42. The summed E-state index contributed by atoms with van der Waals surface area (Å²) in [6, 6.07) is 8.42. The summed E-state index contributed by atoms with van der Waals surface area (Å²) in [5, 5.41) is 3.69. The zero-order valence-electron chi connectivity index (χ0n) is 10.2. The molecule has 1 aromatic heterocycles. The van der Waals surface area contributed by atoms with Gasteiger partial charge < -0.3 is 5.32 Å². The first kappa shape index (κ1) is 13.8. The quantitative estimate of drug-likeness (QED) is 0.933. The Kier molecular flexibility index (Phi) is 4.40. The molecule has 0 aliphatic carbocycles. The zero-order valence-corrected chi connectivity index (χ0v) is 11.7. The van der Waals surface area contributed by atoms with Crippen LogP contribution in [0, 0.1) is 0 Å². The number of rotatable bonds is 3. The Morgan fingerprint density at radius 2 is 1.84 bits per heavy atom.